The van der Waals surface area contributed by atoms with E-state index in [1.54, 1.807) is 0 Å². The first-order valence-corrected chi connectivity index (χ1v) is 7.19. The summed E-state index contributed by atoms with van der Waals surface area (Å²) in [5, 5.41) is 3.34. The van der Waals surface area contributed by atoms with Gasteiger partial charge in [0.15, 0.2) is 0 Å². The van der Waals surface area contributed by atoms with E-state index in [0.29, 0.717) is 0 Å². The first-order valence-electron chi connectivity index (χ1n) is 6.21. The fourth-order valence-corrected chi connectivity index (χ4v) is 2.55. The number of rotatable bonds is 6. The molecule has 0 unspecified atom stereocenters. The molecule has 0 fully saturated rings. The fraction of sp³-hybridized carbons (Fsp3) is 0.267. The van der Waals surface area contributed by atoms with E-state index in [1.807, 2.05) is 30.1 Å². The average molecular weight is 258 g/mol. The summed E-state index contributed by atoms with van der Waals surface area (Å²) in [5.41, 5.74) is 2.46. The van der Waals surface area contributed by atoms with Gasteiger partial charge in [-0.15, -0.1) is 11.8 Å². The van der Waals surface area contributed by atoms with Crippen molar-refractivity contribution in [3.8, 4) is 0 Å². The van der Waals surface area contributed by atoms with Gasteiger partial charge < -0.3 is 5.32 Å². The summed E-state index contributed by atoms with van der Waals surface area (Å²) in [6.45, 7) is 4.07. The number of aromatic nitrogens is 1. The molecular weight excluding hydrogens is 240 g/mol. The van der Waals surface area contributed by atoms with Crippen molar-refractivity contribution in [1.29, 1.82) is 0 Å². The highest BCUT2D eigenvalue weighted by atomic mass is 32.2. The summed E-state index contributed by atoms with van der Waals surface area (Å²) in [6, 6.07) is 14.7. The van der Waals surface area contributed by atoms with Crippen LogP contribution in [0.5, 0.6) is 0 Å². The van der Waals surface area contributed by atoms with Gasteiger partial charge in [0.25, 0.3) is 0 Å². The maximum Gasteiger partial charge on any atom is 0.0506 e. The summed E-state index contributed by atoms with van der Waals surface area (Å²) in [5.74, 6) is 0.922. The van der Waals surface area contributed by atoms with Crippen molar-refractivity contribution < 1.29 is 0 Å². The number of hydrogen-bond donors (Lipinski definition) is 1. The zero-order valence-corrected chi connectivity index (χ0v) is 11.4. The Hall–Kier alpha value is -1.32. The molecule has 2 rings (SSSR count). The van der Waals surface area contributed by atoms with Crippen molar-refractivity contribution in [1.82, 2.24) is 10.3 Å². The van der Waals surface area contributed by atoms with Crippen LogP contribution in [0.1, 0.15) is 18.2 Å². The standard InChI is InChI=1S/C15H18N2S/c1-2-16-11-13-6-5-8-15(10-13)18-12-14-7-3-4-9-17-14/h3-10,16H,2,11-12H2,1H3. The molecule has 0 bridgehead atoms. The Bertz CT molecular complexity index is 471. The van der Waals surface area contributed by atoms with E-state index in [0.717, 1.165) is 24.5 Å². The van der Waals surface area contributed by atoms with E-state index in [-0.39, 0.29) is 0 Å². The van der Waals surface area contributed by atoms with Crippen molar-refractivity contribution in [2.75, 3.05) is 6.54 Å². The van der Waals surface area contributed by atoms with Crippen LogP contribution in [0.4, 0.5) is 0 Å². The van der Waals surface area contributed by atoms with Crippen LogP contribution >= 0.6 is 11.8 Å². The van der Waals surface area contributed by atoms with Gasteiger partial charge in [-0.05, 0) is 36.4 Å². The Kier molecular flexibility index (Phi) is 5.24. The van der Waals surface area contributed by atoms with Gasteiger partial charge in [0.1, 0.15) is 0 Å². The second kappa shape index (κ2) is 7.19. The van der Waals surface area contributed by atoms with Gasteiger partial charge in [0.2, 0.25) is 0 Å². The highest BCUT2D eigenvalue weighted by Crippen LogP contribution is 2.22. The smallest absolute Gasteiger partial charge is 0.0506 e. The lowest BCUT2D eigenvalue weighted by Gasteiger charge is -2.05. The summed E-state index contributed by atoms with van der Waals surface area (Å²) in [6.07, 6.45) is 1.84. The molecule has 18 heavy (non-hydrogen) atoms. The van der Waals surface area contributed by atoms with Crippen molar-refractivity contribution in [2.45, 2.75) is 24.1 Å². The molecular formula is C15H18N2S. The molecule has 0 spiro atoms. The molecule has 0 aliphatic heterocycles. The van der Waals surface area contributed by atoms with Gasteiger partial charge in [-0.25, -0.2) is 0 Å². The van der Waals surface area contributed by atoms with Crippen LogP contribution < -0.4 is 5.32 Å². The Morgan fingerprint density at radius 2 is 2.11 bits per heavy atom. The number of pyridine rings is 1. The van der Waals surface area contributed by atoms with Gasteiger partial charge >= 0.3 is 0 Å². The number of nitrogens with one attached hydrogen (secondary N) is 1. The van der Waals surface area contributed by atoms with Crippen molar-refractivity contribution >= 4 is 11.8 Å². The number of hydrogen-bond acceptors (Lipinski definition) is 3. The first kappa shape index (κ1) is 13.1. The van der Waals surface area contributed by atoms with Crippen LogP contribution in [0.3, 0.4) is 0 Å². The molecule has 0 saturated carbocycles. The van der Waals surface area contributed by atoms with E-state index >= 15 is 0 Å². The van der Waals surface area contributed by atoms with E-state index in [1.165, 1.54) is 10.5 Å². The Morgan fingerprint density at radius 3 is 2.89 bits per heavy atom. The van der Waals surface area contributed by atoms with E-state index in [9.17, 15) is 0 Å². The zero-order valence-electron chi connectivity index (χ0n) is 10.6. The molecule has 2 aromatic rings. The quantitative estimate of drug-likeness (QED) is 0.803. The van der Waals surface area contributed by atoms with Crippen molar-refractivity contribution in [2.24, 2.45) is 0 Å². The average Bonchev–Trinajstić information content (AvgIpc) is 2.44. The van der Waals surface area contributed by atoms with Gasteiger partial charge in [0, 0.05) is 23.4 Å². The molecule has 0 aliphatic rings. The molecule has 1 heterocycles. The fourth-order valence-electron chi connectivity index (χ4n) is 1.66. The molecule has 1 aromatic heterocycles. The van der Waals surface area contributed by atoms with Crippen LogP contribution in [0.25, 0.3) is 0 Å². The largest absolute Gasteiger partial charge is 0.313 e. The van der Waals surface area contributed by atoms with Crippen LogP contribution in [-0.4, -0.2) is 11.5 Å². The van der Waals surface area contributed by atoms with E-state index in [4.69, 9.17) is 0 Å². The lowest BCUT2D eigenvalue weighted by atomic mass is 10.2. The minimum absolute atomic E-state index is 0.922. The normalized spacial score (nSPS) is 10.5. The third-order valence-corrected chi connectivity index (χ3v) is 3.62. The van der Waals surface area contributed by atoms with Crippen LogP contribution in [0.2, 0.25) is 0 Å². The van der Waals surface area contributed by atoms with Crippen molar-refractivity contribution in [3.05, 3.63) is 59.9 Å². The molecule has 0 amide bonds. The van der Waals surface area contributed by atoms with Gasteiger partial charge in [-0.1, -0.05) is 25.1 Å². The minimum Gasteiger partial charge on any atom is -0.313 e. The molecule has 3 heteroatoms. The third-order valence-electron chi connectivity index (χ3n) is 2.59. The minimum atomic E-state index is 0.922. The Labute approximate surface area is 113 Å². The van der Waals surface area contributed by atoms with Gasteiger partial charge in [-0.2, -0.15) is 0 Å². The van der Waals surface area contributed by atoms with Crippen molar-refractivity contribution in [3.63, 3.8) is 0 Å². The molecule has 2 nitrogen and oxygen atoms in total. The summed E-state index contributed by atoms with van der Waals surface area (Å²) in [7, 11) is 0. The summed E-state index contributed by atoms with van der Waals surface area (Å²) < 4.78 is 0. The third kappa shape index (κ3) is 4.17. The zero-order chi connectivity index (χ0) is 12.6. The molecule has 0 saturated heterocycles. The Balaban J connectivity index is 1.93. The van der Waals surface area contributed by atoms with Gasteiger partial charge in [-0.3, -0.25) is 4.98 Å². The molecule has 94 valence electrons. The predicted molar refractivity (Wildman–Crippen MR) is 77.6 cm³/mol. The Morgan fingerprint density at radius 1 is 1.17 bits per heavy atom. The van der Waals surface area contributed by atoms with E-state index in [2.05, 4.69) is 47.6 Å². The lowest BCUT2D eigenvalue weighted by Crippen LogP contribution is -2.11. The highest BCUT2D eigenvalue weighted by molar-refractivity contribution is 7.98. The first-order chi connectivity index (χ1) is 8.88. The van der Waals surface area contributed by atoms with Crippen LogP contribution in [-0.2, 0) is 12.3 Å². The van der Waals surface area contributed by atoms with Crippen LogP contribution in [0, 0.1) is 0 Å². The lowest BCUT2D eigenvalue weighted by molar-refractivity contribution is 0.725. The maximum atomic E-state index is 4.33. The number of nitrogens with zero attached hydrogens (tertiary/aromatic N) is 1. The second-order valence-electron chi connectivity index (χ2n) is 4.04. The van der Waals surface area contributed by atoms with E-state index < -0.39 is 0 Å². The SMILES string of the molecule is CCNCc1cccc(SCc2ccccn2)c1. The molecule has 0 aliphatic carbocycles. The molecule has 0 atom stereocenters. The molecule has 1 N–H and O–H groups in total. The predicted octanol–water partition coefficient (Wildman–Crippen LogP) is 3.48. The number of benzene rings is 1. The summed E-state index contributed by atoms with van der Waals surface area (Å²) >= 11 is 1.83. The monoisotopic (exact) mass is 258 g/mol. The summed E-state index contributed by atoms with van der Waals surface area (Å²) in [4.78, 5) is 5.63. The second-order valence-corrected chi connectivity index (χ2v) is 5.09. The van der Waals surface area contributed by atoms with Gasteiger partial charge in [0.05, 0.1) is 5.69 Å². The molecule has 1 aromatic carbocycles. The maximum absolute atomic E-state index is 4.33. The topological polar surface area (TPSA) is 24.9 Å². The molecule has 0 radical (unpaired) electrons. The van der Waals surface area contributed by atoms with Crippen LogP contribution in [0.15, 0.2) is 53.6 Å². The number of thioether (sulfide) groups is 1. The highest BCUT2D eigenvalue weighted by Gasteiger charge is 1.98.